The van der Waals surface area contributed by atoms with Gasteiger partial charge < -0.3 is 14.6 Å². The molecule has 0 amide bonds. The van der Waals surface area contributed by atoms with Crippen LogP contribution in [0.4, 0.5) is 0 Å². The Morgan fingerprint density at radius 3 is 2.93 bits per heavy atom. The number of halogens is 1. The van der Waals surface area contributed by atoms with Crippen LogP contribution in [-0.4, -0.2) is 36.5 Å². The Hall–Kier alpha value is -0.390. The molecule has 1 aliphatic heterocycles. The summed E-state index contributed by atoms with van der Waals surface area (Å²) in [7, 11) is 1.34. The van der Waals surface area contributed by atoms with E-state index < -0.39 is 6.10 Å². The highest BCUT2D eigenvalue weighted by atomic mass is 79.9. The third-order valence-electron chi connectivity index (χ3n) is 2.06. The molecule has 1 aliphatic rings. The van der Waals surface area contributed by atoms with Crippen molar-refractivity contribution in [2.24, 2.45) is 0 Å². The molecule has 80 valence electrons. The zero-order valence-electron chi connectivity index (χ0n) is 8.07. The predicted molar refractivity (Wildman–Crippen MR) is 54.0 cm³/mol. The predicted octanol–water partition coefficient (Wildman–Crippen LogP) is 0.976. The SMILES string of the molecule is COC(=O)C[C@H]1C=C(Br)[C@H](O)[C@H](C)O1. The van der Waals surface area contributed by atoms with Gasteiger partial charge in [-0.3, -0.25) is 4.79 Å². The average Bonchev–Trinajstić information content (AvgIpc) is 2.14. The quantitative estimate of drug-likeness (QED) is 0.756. The van der Waals surface area contributed by atoms with Gasteiger partial charge in [-0.2, -0.15) is 0 Å². The van der Waals surface area contributed by atoms with Crippen LogP contribution in [0.2, 0.25) is 0 Å². The van der Waals surface area contributed by atoms with Gasteiger partial charge >= 0.3 is 5.97 Å². The van der Waals surface area contributed by atoms with Gasteiger partial charge in [0.25, 0.3) is 0 Å². The van der Waals surface area contributed by atoms with E-state index in [9.17, 15) is 9.90 Å². The summed E-state index contributed by atoms with van der Waals surface area (Å²) in [6.45, 7) is 1.75. The summed E-state index contributed by atoms with van der Waals surface area (Å²) >= 11 is 3.23. The second kappa shape index (κ2) is 4.91. The third-order valence-corrected chi connectivity index (χ3v) is 2.79. The number of methoxy groups -OCH3 is 1. The van der Waals surface area contributed by atoms with E-state index in [1.54, 1.807) is 13.0 Å². The Kier molecular flexibility index (Phi) is 4.10. The zero-order valence-corrected chi connectivity index (χ0v) is 9.65. The van der Waals surface area contributed by atoms with E-state index in [-0.39, 0.29) is 24.6 Å². The van der Waals surface area contributed by atoms with Crippen LogP contribution in [0.1, 0.15) is 13.3 Å². The molecule has 14 heavy (non-hydrogen) atoms. The molecule has 5 heteroatoms. The molecule has 0 aromatic heterocycles. The molecule has 0 bridgehead atoms. The fourth-order valence-corrected chi connectivity index (χ4v) is 1.91. The Balaban J connectivity index is 2.61. The van der Waals surface area contributed by atoms with E-state index in [1.807, 2.05) is 0 Å². The molecule has 1 N–H and O–H groups in total. The van der Waals surface area contributed by atoms with E-state index in [2.05, 4.69) is 20.7 Å². The summed E-state index contributed by atoms with van der Waals surface area (Å²) in [6.07, 6.45) is 0.563. The Morgan fingerprint density at radius 1 is 1.79 bits per heavy atom. The van der Waals surface area contributed by atoms with Gasteiger partial charge in [-0.05, 0) is 13.0 Å². The molecule has 0 aliphatic carbocycles. The summed E-state index contributed by atoms with van der Waals surface area (Å²) in [4.78, 5) is 11.0. The molecule has 1 heterocycles. The van der Waals surface area contributed by atoms with Gasteiger partial charge in [0.1, 0.15) is 6.10 Å². The molecule has 0 unspecified atom stereocenters. The highest BCUT2D eigenvalue weighted by Crippen LogP contribution is 2.25. The van der Waals surface area contributed by atoms with Crippen LogP contribution in [0.5, 0.6) is 0 Å². The highest BCUT2D eigenvalue weighted by Gasteiger charge is 2.28. The maximum absolute atomic E-state index is 11.0. The van der Waals surface area contributed by atoms with Gasteiger partial charge in [-0.25, -0.2) is 0 Å². The van der Waals surface area contributed by atoms with E-state index in [0.717, 1.165) is 0 Å². The summed E-state index contributed by atoms with van der Waals surface area (Å²) in [6, 6.07) is 0. The summed E-state index contributed by atoms with van der Waals surface area (Å²) < 4.78 is 10.6. The van der Waals surface area contributed by atoms with Gasteiger partial charge in [0.2, 0.25) is 0 Å². The van der Waals surface area contributed by atoms with Crippen molar-refractivity contribution in [1.82, 2.24) is 0 Å². The van der Waals surface area contributed by atoms with E-state index in [0.29, 0.717) is 4.48 Å². The fraction of sp³-hybridized carbons (Fsp3) is 0.667. The number of aliphatic hydroxyl groups is 1. The lowest BCUT2D eigenvalue weighted by Gasteiger charge is -2.28. The van der Waals surface area contributed by atoms with Crippen molar-refractivity contribution in [3.05, 3.63) is 10.6 Å². The molecule has 1 rings (SSSR count). The molecule has 4 nitrogen and oxygen atoms in total. The minimum atomic E-state index is -0.649. The minimum Gasteiger partial charge on any atom is -0.469 e. The topological polar surface area (TPSA) is 55.8 Å². The fourth-order valence-electron chi connectivity index (χ4n) is 1.24. The molecule has 0 radical (unpaired) electrons. The van der Waals surface area contributed by atoms with Gasteiger partial charge in [0.15, 0.2) is 0 Å². The van der Waals surface area contributed by atoms with Crippen LogP contribution in [0, 0.1) is 0 Å². The number of aliphatic hydroxyl groups excluding tert-OH is 1. The smallest absolute Gasteiger partial charge is 0.308 e. The third kappa shape index (κ3) is 2.80. The van der Waals surface area contributed by atoms with Gasteiger partial charge in [-0.15, -0.1) is 0 Å². The molecule has 3 atom stereocenters. The van der Waals surface area contributed by atoms with Crippen molar-refractivity contribution in [2.75, 3.05) is 7.11 Å². The standard InChI is InChI=1S/C9H13BrO4/c1-5-9(12)7(10)3-6(14-5)4-8(11)13-2/h3,5-6,9,12H,4H2,1-2H3/t5-,6+,9+/m0/s1. The number of carbonyl (C=O) groups is 1. The molecule has 0 saturated heterocycles. The van der Waals surface area contributed by atoms with Crippen molar-refractivity contribution in [1.29, 1.82) is 0 Å². The van der Waals surface area contributed by atoms with E-state index >= 15 is 0 Å². The largest absolute Gasteiger partial charge is 0.469 e. The molecule has 0 saturated carbocycles. The monoisotopic (exact) mass is 264 g/mol. The molecule has 0 aromatic carbocycles. The molecule has 0 spiro atoms. The number of carbonyl (C=O) groups excluding carboxylic acids is 1. The number of ether oxygens (including phenoxy) is 2. The van der Waals surface area contributed by atoms with Crippen LogP contribution in [-0.2, 0) is 14.3 Å². The number of hydrogen-bond acceptors (Lipinski definition) is 4. The zero-order chi connectivity index (χ0) is 10.7. The first-order valence-electron chi connectivity index (χ1n) is 4.32. The lowest BCUT2D eigenvalue weighted by molar-refractivity contribution is -0.145. The first-order valence-corrected chi connectivity index (χ1v) is 5.11. The maximum Gasteiger partial charge on any atom is 0.308 e. The lowest BCUT2D eigenvalue weighted by atomic mass is 10.1. The number of esters is 1. The number of rotatable bonds is 2. The van der Waals surface area contributed by atoms with Crippen LogP contribution < -0.4 is 0 Å². The Morgan fingerprint density at radius 2 is 2.43 bits per heavy atom. The first-order chi connectivity index (χ1) is 6.54. The van der Waals surface area contributed by atoms with Crippen LogP contribution in [0.15, 0.2) is 10.6 Å². The van der Waals surface area contributed by atoms with Crippen molar-refractivity contribution in [2.45, 2.75) is 31.7 Å². The minimum absolute atomic E-state index is 0.169. The van der Waals surface area contributed by atoms with E-state index in [4.69, 9.17) is 4.74 Å². The summed E-state index contributed by atoms with van der Waals surface area (Å²) in [5.41, 5.74) is 0. The van der Waals surface area contributed by atoms with E-state index in [1.165, 1.54) is 7.11 Å². The molecular formula is C9H13BrO4. The van der Waals surface area contributed by atoms with Crippen LogP contribution in [0.3, 0.4) is 0 Å². The second-order valence-corrected chi connectivity index (χ2v) is 4.07. The van der Waals surface area contributed by atoms with Crippen molar-refractivity contribution in [3.8, 4) is 0 Å². The van der Waals surface area contributed by atoms with Gasteiger partial charge in [0, 0.05) is 4.48 Å². The first kappa shape index (κ1) is 11.7. The normalized spacial score (nSPS) is 32.3. The summed E-state index contributed by atoms with van der Waals surface area (Å²) in [5, 5.41) is 9.50. The van der Waals surface area contributed by atoms with Gasteiger partial charge in [0.05, 0.1) is 25.7 Å². The highest BCUT2D eigenvalue weighted by molar-refractivity contribution is 9.11. The van der Waals surface area contributed by atoms with Crippen molar-refractivity contribution < 1.29 is 19.4 Å². The average molecular weight is 265 g/mol. The maximum atomic E-state index is 11.0. The van der Waals surface area contributed by atoms with Crippen molar-refractivity contribution >= 4 is 21.9 Å². The Labute approximate surface area is 91.0 Å². The molecule has 0 fully saturated rings. The Bertz CT molecular complexity index is 251. The second-order valence-electron chi connectivity index (χ2n) is 3.16. The number of hydrogen-bond donors (Lipinski definition) is 1. The molecule has 0 aromatic rings. The van der Waals surface area contributed by atoms with Crippen molar-refractivity contribution in [3.63, 3.8) is 0 Å². The lowest BCUT2D eigenvalue weighted by Crippen LogP contribution is -2.35. The van der Waals surface area contributed by atoms with Crippen LogP contribution in [0.25, 0.3) is 0 Å². The molecular weight excluding hydrogens is 252 g/mol. The van der Waals surface area contributed by atoms with Gasteiger partial charge in [-0.1, -0.05) is 15.9 Å². The van der Waals surface area contributed by atoms with Crippen LogP contribution >= 0.6 is 15.9 Å². The summed E-state index contributed by atoms with van der Waals surface area (Å²) in [5.74, 6) is -0.324.